The molecule has 0 amide bonds. The fourth-order valence-corrected chi connectivity index (χ4v) is 2.62. The van der Waals surface area contributed by atoms with E-state index in [0.29, 0.717) is 11.0 Å². The minimum Gasteiger partial charge on any atom is -0.478 e. The Kier molecular flexibility index (Phi) is 3.48. The molecule has 1 fully saturated rings. The molecule has 1 atom stereocenters. The van der Waals surface area contributed by atoms with Gasteiger partial charge in [-0.15, -0.1) is 0 Å². The fourth-order valence-electron chi connectivity index (χ4n) is 2.48. The number of carbonyl (C=O) groups is 1. The van der Waals surface area contributed by atoms with E-state index >= 15 is 0 Å². The van der Waals surface area contributed by atoms with Gasteiger partial charge in [-0.1, -0.05) is 31.9 Å². The van der Waals surface area contributed by atoms with E-state index in [4.69, 9.17) is 16.7 Å². The molecule has 0 radical (unpaired) electrons. The normalized spacial score (nSPS) is 21.8. The molecule has 1 aliphatic carbocycles. The van der Waals surface area contributed by atoms with Crippen LogP contribution in [-0.4, -0.2) is 22.1 Å². The highest BCUT2D eigenvalue weighted by molar-refractivity contribution is 6.29. The van der Waals surface area contributed by atoms with Gasteiger partial charge < -0.3 is 10.4 Å². The first-order valence-corrected chi connectivity index (χ1v) is 6.44. The maximum absolute atomic E-state index is 11.1. The highest BCUT2D eigenvalue weighted by atomic mass is 35.5. The number of rotatable bonds is 3. The number of aromatic carboxylic acids is 1. The van der Waals surface area contributed by atoms with E-state index in [2.05, 4.69) is 24.1 Å². The molecule has 1 aromatic heterocycles. The zero-order valence-electron chi connectivity index (χ0n) is 10.5. The monoisotopic (exact) mass is 268 g/mol. The van der Waals surface area contributed by atoms with Gasteiger partial charge in [0.2, 0.25) is 0 Å². The summed E-state index contributed by atoms with van der Waals surface area (Å²) >= 11 is 5.83. The maximum Gasteiger partial charge on any atom is 0.339 e. The summed E-state index contributed by atoms with van der Waals surface area (Å²) in [5.74, 6) is -0.618. The predicted octanol–water partition coefficient (Wildman–Crippen LogP) is 3.42. The number of hydrogen-bond donors (Lipinski definition) is 2. The second kappa shape index (κ2) is 4.76. The van der Waals surface area contributed by atoms with Crippen LogP contribution in [0.5, 0.6) is 0 Å². The molecule has 98 valence electrons. The highest BCUT2D eigenvalue weighted by Gasteiger charge is 2.35. The number of aromatic nitrogens is 1. The van der Waals surface area contributed by atoms with E-state index in [-0.39, 0.29) is 17.0 Å². The van der Waals surface area contributed by atoms with Crippen molar-refractivity contribution < 1.29 is 9.90 Å². The highest BCUT2D eigenvalue weighted by Crippen LogP contribution is 2.39. The SMILES string of the molecule is CC1(C)CCCC1Nc1nc(Cl)ccc1C(=O)O. The summed E-state index contributed by atoms with van der Waals surface area (Å²) < 4.78 is 0. The lowest BCUT2D eigenvalue weighted by atomic mass is 9.87. The summed E-state index contributed by atoms with van der Waals surface area (Å²) in [5.41, 5.74) is 0.321. The second-order valence-corrected chi connectivity index (χ2v) is 5.80. The topological polar surface area (TPSA) is 62.2 Å². The Morgan fingerprint density at radius 3 is 2.83 bits per heavy atom. The van der Waals surface area contributed by atoms with Crippen LogP contribution in [0.2, 0.25) is 5.15 Å². The maximum atomic E-state index is 11.1. The van der Waals surface area contributed by atoms with E-state index < -0.39 is 5.97 Å². The first-order valence-electron chi connectivity index (χ1n) is 6.06. The van der Waals surface area contributed by atoms with Crippen LogP contribution in [0.25, 0.3) is 0 Å². The molecule has 2 rings (SSSR count). The summed E-state index contributed by atoms with van der Waals surface area (Å²) in [6.07, 6.45) is 3.31. The summed E-state index contributed by atoms with van der Waals surface area (Å²) in [5, 5.41) is 12.7. The molecule has 5 heteroatoms. The number of nitrogens with zero attached hydrogens (tertiary/aromatic N) is 1. The zero-order valence-corrected chi connectivity index (χ0v) is 11.3. The third-order valence-electron chi connectivity index (χ3n) is 3.66. The Bertz CT molecular complexity index is 474. The average Bonchev–Trinajstić information content (AvgIpc) is 2.58. The molecular formula is C13H17ClN2O2. The van der Waals surface area contributed by atoms with Gasteiger partial charge in [0.05, 0.1) is 0 Å². The van der Waals surface area contributed by atoms with Crippen molar-refractivity contribution in [1.29, 1.82) is 0 Å². The first kappa shape index (κ1) is 13.1. The minimum atomic E-state index is -0.988. The standard InChI is InChI=1S/C13H17ClN2O2/c1-13(2)7-3-4-9(13)15-11-8(12(17)18)5-6-10(14)16-11/h5-6,9H,3-4,7H2,1-2H3,(H,15,16)(H,17,18). The van der Waals surface area contributed by atoms with Gasteiger partial charge in [0, 0.05) is 6.04 Å². The van der Waals surface area contributed by atoms with E-state index in [9.17, 15) is 4.79 Å². The van der Waals surface area contributed by atoms with E-state index in [1.54, 1.807) is 0 Å². The quantitative estimate of drug-likeness (QED) is 0.825. The smallest absolute Gasteiger partial charge is 0.339 e. The summed E-state index contributed by atoms with van der Waals surface area (Å²) in [7, 11) is 0. The van der Waals surface area contributed by atoms with Crippen LogP contribution >= 0.6 is 11.6 Å². The first-order chi connectivity index (χ1) is 8.40. The fraction of sp³-hybridized carbons (Fsp3) is 0.538. The summed E-state index contributed by atoms with van der Waals surface area (Å²) in [4.78, 5) is 15.2. The van der Waals surface area contributed by atoms with Crippen LogP contribution in [0.15, 0.2) is 12.1 Å². The molecular weight excluding hydrogens is 252 g/mol. The Morgan fingerprint density at radius 1 is 1.56 bits per heavy atom. The van der Waals surface area contributed by atoms with Crippen molar-refractivity contribution in [1.82, 2.24) is 4.98 Å². The number of hydrogen-bond acceptors (Lipinski definition) is 3. The largest absolute Gasteiger partial charge is 0.478 e. The predicted molar refractivity (Wildman–Crippen MR) is 71.2 cm³/mol. The van der Waals surface area contributed by atoms with Crippen molar-refractivity contribution >= 4 is 23.4 Å². The second-order valence-electron chi connectivity index (χ2n) is 5.41. The van der Waals surface area contributed by atoms with Crippen molar-refractivity contribution in [2.75, 3.05) is 5.32 Å². The number of carboxylic acid groups (broad SMARTS) is 1. The number of halogens is 1. The number of anilines is 1. The van der Waals surface area contributed by atoms with Crippen LogP contribution < -0.4 is 5.32 Å². The van der Waals surface area contributed by atoms with Crippen LogP contribution in [0.1, 0.15) is 43.5 Å². The molecule has 1 heterocycles. The lowest BCUT2D eigenvalue weighted by Gasteiger charge is -2.28. The van der Waals surface area contributed by atoms with Crippen LogP contribution in [0.4, 0.5) is 5.82 Å². The van der Waals surface area contributed by atoms with E-state index in [1.807, 2.05) is 0 Å². The zero-order chi connectivity index (χ0) is 13.3. The lowest BCUT2D eigenvalue weighted by Crippen LogP contribution is -2.31. The van der Waals surface area contributed by atoms with E-state index in [0.717, 1.165) is 19.3 Å². The number of pyridine rings is 1. The Labute approximate surface area is 111 Å². The summed E-state index contributed by atoms with van der Waals surface area (Å²) in [6.45, 7) is 4.37. The molecule has 4 nitrogen and oxygen atoms in total. The molecule has 0 aliphatic heterocycles. The molecule has 1 unspecified atom stereocenters. The van der Waals surface area contributed by atoms with E-state index in [1.165, 1.54) is 12.1 Å². The minimum absolute atomic E-state index is 0.153. The Morgan fingerprint density at radius 2 is 2.28 bits per heavy atom. The Hall–Kier alpha value is -1.29. The summed E-state index contributed by atoms with van der Waals surface area (Å²) in [6, 6.07) is 3.22. The third kappa shape index (κ3) is 2.58. The molecule has 0 spiro atoms. The van der Waals surface area contributed by atoms with Crippen LogP contribution in [0, 0.1) is 5.41 Å². The number of nitrogens with one attached hydrogen (secondary N) is 1. The van der Waals surface area contributed by atoms with Crippen LogP contribution in [0.3, 0.4) is 0 Å². The van der Waals surface area contributed by atoms with Gasteiger partial charge in [-0.2, -0.15) is 0 Å². The van der Waals surface area contributed by atoms with Crippen molar-refractivity contribution in [3.05, 3.63) is 22.8 Å². The van der Waals surface area contributed by atoms with Gasteiger partial charge in [0.1, 0.15) is 16.5 Å². The molecule has 2 N–H and O–H groups in total. The van der Waals surface area contributed by atoms with Gasteiger partial charge in [0.15, 0.2) is 0 Å². The van der Waals surface area contributed by atoms with Gasteiger partial charge in [0.25, 0.3) is 0 Å². The average molecular weight is 269 g/mol. The van der Waals surface area contributed by atoms with Gasteiger partial charge >= 0.3 is 5.97 Å². The third-order valence-corrected chi connectivity index (χ3v) is 3.87. The van der Waals surface area contributed by atoms with Gasteiger partial charge in [-0.25, -0.2) is 9.78 Å². The van der Waals surface area contributed by atoms with Crippen molar-refractivity contribution in [3.8, 4) is 0 Å². The Balaban J connectivity index is 2.28. The molecule has 0 saturated heterocycles. The van der Waals surface area contributed by atoms with Crippen molar-refractivity contribution in [2.24, 2.45) is 5.41 Å². The molecule has 1 aliphatic rings. The van der Waals surface area contributed by atoms with Crippen molar-refractivity contribution in [2.45, 2.75) is 39.2 Å². The lowest BCUT2D eigenvalue weighted by molar-refractivity contribution is 0.0697. The number of carboxylic acids is 1. The molecule has 0 aromatic carbocycles. The van der Waals surface area contributed by atoms with Gasteiger partial charge in [-0.3, -0.25) is 0 Å². The molecule has 0 bridgehead atoms. The van der Waals surface area contributed by atoms with Crippen molar-refractivity contribution in [3.63, 3.8) is 0 Å². The van der Waals surface area contributed by atoms with Crippen LogP contribution in [-0.2, 0) is 0 Å². The molecule has 1 saturated carbocycles. The van der Waals surface area contributed by atoms with Gasteiger partial charge in [-0.05, 0) is 30.4 Å². The molecule has 1 aromatic rings. The molecule has 18 heavy (non-hydrogen) atoms.